The zero-order valence-corrected chi connectivity index (χ0v) is 16.0. The van der Waals surface area contributed by atoms with Crippen molar-refractivity contribution in [1.29, 1.82) is 0 Å². The number of rotatable bonds is 7. The molecule has 2 N–H and O–H groups in total. The van der Waals surface area contributed by atoms with E-state index in [4.69, 9.17) is 17.0 Å². The van der Waals surface area contributed by atoms with Crippen LogP contribution in [-0.2, 0) is 4.74 Å². The average molecular weight is 364 g/mol. The van der Waals surface area contributed by atoms with Crippen LogP contribution in [0.2, 0.25) is 0 Å². The topological polar surface area (TPSA) is 53.6 Å². The van der Waals surface area contributed by atoms with Gasteiger partial charge in [0.05, 0.1) is 6.10 Å². The van der Waals surface area contributed by atoms with Crippen LogP contribution in [0.3, 0.4) is 0 Å². The predicted octanol–water partition coefficient (Wildman–Crippen LogP) is 3.41. The van der Waals surface area contributed by atoms with E-state index < -0.39 is 0 Å². The fourth-order valence-corrected chi connectivity index (χ4v) is 3.11. The van der Waals surface area contributed by atoms with E-state index in [1.807, 2.05) is 12.1 Å². The first-order valence-corrected chi connectivity index (χ1v) is 9.45. The zero-order chi connectivity index (χ0) is 18.1. The number of hydrogen-bond donors (Lipinski definition) is 2. The summed E-state index contributed by atoms with van der Waals surface area (Å²) < 4.78 is 5.90. The summed E-state index contributed by atoms with van der Waals surface area (Å²) in [5, 5.41) is 6.91. The number of amides is 1. The second-order valence-corrected chi connectivity index (χ2v) is 7.05. The number of carbonyl (C=O) groups excluding carboxylic acids is 1. The number of nitrogens with zero attached hydrogens (tertiary/aromatic N) is 1. The molecule has 5 nitrogen and oxygen atoms in total. The van der Waals surface area contributed by atoms with Gasteiger partial charge in [-0.25, -0.2) is 0 Å². The monoisotopic (exact) mass is 363 g/mol. The highest BCUT2D eigenvalue weighted by Crippen LogP contribution is 2.20. The van der Waals surface area contributed by atoms with Crippen molar-refractivity contribution in [1.82, 2.24) is 10.2 Å². The molecule has 1 saturated carbocycles. The Kier molecular flexibility index (Phi) is 8.15. The lowest BCUT2D eigenvalue weighted by Gasteiger charge is -2.22. The second kappa shape index (κ2) is 10.4. The van der Waals surface area contributed by atoms with Crippen LogP contribution in [0.4, 0.5) is 5.69 Å². The molecule has 1 aliphatic carbocycles. The molecule has 6 heteroatoms. The Morgan fingerprint density at radius 1 is 1.20 bits per heavy atom. The van der Waals surface area contributed by atoms with Gasteiger partial charge in [0, 0.05) is 38.5 Å². The number of carbonyl (C=O) groups is 1. The number of hydrogen-bond acceptors (Lipinski definition) is 3. The largest absolute Gasteiger partial charge is 0.378 e. The first kappa shape index (κ1) is 19.7. The normalized spacial score (nSPS) is 14.8. The predicted molar refractivity (Wildman–Crippen MR) is 106 cm³/mol. The molecular weight excluding hydrogens is 334 g/mol. The van der Waals surface area contributed by atoms with Crippen molar-refractivity contribution in [3.05, 3.63) is 29.8 Å². The number of ether oxygens (including phenoxy) is 1. The maximum Gasteiger partial charge on any atom is 0.253 e. The fourth-order valence-electron chi connectivity index (χ4n) is 2.89. The van der Waals surface area contributed by atoms with Crippen molar-refractivity contribution in [3.63, 3.8) is 0 Å². The van der Waals surface area contributed by atoms with Gasteiger partial charge in [-0.15, -0.1) is 0 Å². The summed E-state index contributed by atoms with van der Waals surface area (Å²) >= 11 is 5.30. The van der Waals surface area contributed by atoms with Crippen molar-refractivity contribution >= 4 is 28.9 Å². The van der Waals surface area contributed by atoms with Gasteiger partial charge in [0.1, 0.15) is 0 Å². The van der Waals surface area contributed by atoms with E-state index in [2.05, 4.69) is 10.6 Å². The number of nitrogens with one attached hydrogen (secondary N) is 2. The highest BCUT2D eigenvalue weighted by Gasteiger charge is 2.13. The molecule has 0 unspecified atom stereocenters. The molecule has 1 amide bonds. The summed E-state index contributed by atoms with van der Waals surface area (Å²) in [6, 6.07) is 7.31. The van der Waals surface area contributed by atoms with Gasteiger partial charge >= 0.3 is 0 Å². The van der Waals surface area contributed by atoms with Gasteiger partial charge in [0.25, 0.3) is 5.91 Å². The maximum absolute atomic E-state index is 11.9. The molecule has 0 aromatic heterocycles. The van der Waals surface area contributed by atoms with Crippen molar-refractivity contribution in [2.45, 2.75) is 44.6 Å². The SMILES string of the molecule is CN(C)C(=O)c1ccc(NC(=S)NCCCOC2CCCCC2)cc1. The molecule has 0 spiro atoms. The second-order valence-electron chi connectivity index (χ2n) is 6.64. The van der Waals surface area contributed by atoms with E-state index in [0.717, 1.165) is 25.3 Å². The molecule has 1 aromatic rings. The Morgan fingerprint density at radius 2 is 1.88 bits per heavy atom. The summed E-state index contributed by atoms with van der Waals surface area (Å²) in [5.74, 6) is -0.00906. The molecule has 138 valence electrons. The van der Waals surface area contributed by atoms with Crippen LogP contribution < -0.4 is 10.6 Å². The Hall–Kier alpha value is -1.66. The molecule has 0 heterocycles. The van der Waals surface area contributed by atoms with E-state index in [9.17, 15) is 4.79 Å². The number of anilines is 1. The van der Waals surface area contributed by atoms with Gasteiger partial charge in [-0.2, -0.15) is 0 Å². The Morgan fingerprint density at radius 3 is 2.52 bits per heavy atom. The lowest BCUT2D eigenvalue weighted by atomic mass is 9.98. The summed E-state index contributed by atoms with van der Waals surface area (Å²) in [6.45, 7) is 1.57. The lowest BCUT2D eigenvalue weighted by molar-refractivity contribution is 0.0277. The molecule has 2 rings (SSSR count). The van der Waals surface area contributed by atoms with Crippen molar-refractivity contribution in [2.75, 3.05) is 32.6 Å². The summed E-state index contributed by atoms with van der Waals surface area (Å²) in [5.41, 5.74) is 1.53. The quantitative estimate of drug-likeness (QED) is 0.574. The van der Waals surface area contributed by atoms with Gasteiger partial charge < -0.3 is 20.3 Å². The van der Waals surface area contributed by atoms with Crippen LogP contribution in [0.1, 0.15) is 48.9 Å². The van der Waals surface area contributed by atoms with Crippen LogP contribution in [0.25, 0.3) is 0 Å². The molecule has 25 heavy (non-hydrogen) atoms. The van der Waals surface area contributed by atoms with Crippen molar-refractivity contribution in [2.24, 2.45) is 0 Å². The minimum atomic E-state index is -0.00906. The van der Waals surface area contributed by atoms with Gasteiger partial charge in [0.15, 0.2) is 5.11 Å². The Bertz CT molecular complexity index is 554. The highest BCUT2D eigenvalue weighted by molar-refractivity contribution is 7.80. The Labute approximate surface area is 156 Å². The molecule has 0 saturated heterocycles. The van der Waals surface area contributed by atoms with Crippen molar-refractivity contribution < 1.29 is 9.53 Å². The lowest BCUT2D eigenvalue weighted by Crippen LogP contribution is -2.30. The molecule has 1 aliphatic rings. The first-order valence-electron chi connectivity index (χ1n) is 9.04. The molecule has 0 atom stereocenters. The van der Waals surface area contributed by atoms with Gasteiger partial charge in [-0.1, -0.05) is 19.3 Å². The number of benzene rings is 1. The third-order valence-electron chi connectivity index (χ3n) is 4.31. The van der Waals surface area contributed by atoms with Gasteiger partial charge in [0.2, 0.25) is 0 Å². The van der Waals surface area contributed by atoms with E-state index >= 15 is 0 Å². The number of thiocarbonyl (C=S) groups is 1. The van der Waals surface area contributed by atoms with E-state index in [-0.39, 0.29) is 5.91 Å². The van der Waals surface area contributed by atoms with Crippen molar-refractivity contribution in [3.8, 4) is 0 Å². The van der Waals surface area contributed by atoms with Crippen LogP contribution in [-0.4, -0.2) is 49.3 Å². The van der Waals surface area contributed by atoms with Gasteiger partial charge in [-0.3, -0.25) is 4.79 Å². The zero-order valence-electron chi connectivity index (χ0n) is 15.2. The Balaban J connectivity index is 1.62. The maximum atomic E-state index is 11.9. The average Bonchev–Trinajstić information content (AvgIpc) is 2.62. The molecule has 0 bridgehead atoms. The van der Waals surface area contributed by atoms with Crippen LogP contribution in [0.15, 0.2) is 24.3 Å². The van der Waals surface area contributed by atoms with Crippen LogP contribution >= 0.6 is 12.2 Å². The molecule has 0 radical (unpaired) electrons. The fraction of sp³-hybridized carbons (Fsp3) is 0.579. The smallest absolute Gasteiger partial charge is 0.253 e. The van der Waals surface area contributed by atoms with Crippen LogP contribution in [0, 0.1) is 0 Å². The van der Waals surface area contributed by atoms with Gasteiger partial charge in [-0.05, 0) is 55.7 Å². The van der Waals surface area contributed by atoms with E-state index in [1.165, 1.54) is 32.1 Å². The molecule has 0 aliphatic heterocycles. The molecular formula is C19H29N3O2S. The molecule has 1 aromatic carbocycles. The first-order chi connectivity index (χ1) is 12.1. The third-order valence-corrected chi connectivity index (χ3v) is 4.55. The summed E-state index contributed by atoms with van der Waals surface area (Å²) in [6.07, 6.45) is 7.77. The molecule has 1 fully saturated rings. The van der Waals surface area contributed by atoms with Crippen LogP contribution in [0.5, 0.6) is 0 Å². The summed E-state index contributed by atoms with van der Waals surface area (Å²) in [7, 11) is 3.48. The minimum absolute atomic E-state index is 0.00906. The highest BCUT2D eigenvalue weighted by atomic mass is 32.1. The summed E-state index contributed by atoms with van der Waals surface area (Å²) in [4.78, 5) is 13.4. The van der Waals surface area contributed by atoms with E-state index in [1.54, 1.807) is 31.1 Å². The standard InChI is InChI=1S/C19H29N3O2S/c1-22(2)18(23)15-9-11-16(12-10-15)21-19(25)20-13-6-14-24-17-7-4-3-5-8-17/h9-12,17H,3-8,13-14H2,1-2H3,(H2,20,21,25). The van der Waals surface area contributed by atoms with E-state index in [0.29, 0.717) is 16.8 Å². The minimum Gasteiger partial charge on any atom is -0.378 e. The third kappa shape index (κ3) is 7.00.